The molecule has 0 bridgehead atoms. The van der Waals surface area contributed by atoms with Gasteiger partial charge in [-0.25, -0.2) is 0 Å². The third-order valence-electron chi connectivity index (χ3n) is 2.73. The fourth-order valence-corrected chi connectivity index (χ4v) is 1.94. The molecular formula is C12H23N3. The summed E-state index contributed by atoms with van der Waals surface area (Å²) in [4.78, 5) is 0. The summed E-state index contributed by atoms with van der Waals surface area (Å²) in [5.74, 6) is 0. The van der Waals surface area contributed by atoms with E-state index in [1.54, 1.807) is 0 Å². The van der Waals surface area contributed by atoms with Crippen molar-refractivity contribution in [3.8, 4) is 0 Å². The molecule has 86 valence electrons. The molecule has 3 heteroatoms. The molecule has 1 rings (SSSR count). The van der Waals surface area contributed by atoms with E-state index >= 15 is 0 Å². The smallest absolute Gasteiger partial charge is 0.0596 e. The molecule has 0 fully saturated rings. The van der Waals surface area contributed by atoms with Gasteiger partial charge in [-0.3, -0.25) is 4.68 Å². The Kier molecular flexibility index (Phi) is 4.82. The molecule has 0 radical (unpaired) electrons. The molecule has 0 aliphatic rings. The van der Waals surface area contributed by atoms with Gasteiger partial charge in [0.25, 0.3) is 0 Å². The van der Waals surface area contributed by atoms with Crippen LogP contribution in [0.25, 0.3) is 0 Å². The summed E-state index contributed by atoms with van der Waals surface area (Å²) >= 11 is 0. The third kappa shape index (κ3) is 3.34. The van der Waals surface area contributed by atoms with Crippen LogP contribution >= 0.6 is 0 Å². The number of nitrogens with one attached hydrogen (secondary N) is 1. The molecule has 1 N–H and O–H groups in total. The molecule has 1 aromatic heterocycles. The highest BCUT2D eigenvalue weighted by Crippen LogP contribution is 2.08. The number of aryl methyl sites for hydroxylation is 2. The van der Waals surface area contributed by atoms with Crippen molar-refractivity contribution >= 4 is 0 Å². The van der Waals surface area contributed by atoms with Crippen molar-refractivity contribution in [1.29, 1.82) is 0 Å². The van der Waals surface area contributed by atoms with Crippen molar-refractivity contribution in [2.75, 3.05) is 6.54 Å². The highest BCUT2D eigenvalue weighted by atomic mass is 15.3. The first-order valence-electron chi connectivity index (χ1n) is 5.97. The summed E-state index contributed by atoms with van der Waals surface area (Å²) in [5.41, 5.74) is 2.47. The second-order valence-corrected chi connectivity index (χ2v) is 3.96. The van der Waals surface area contributed by atoms with Gasteiger partial charge < -0.3 is 5.32 Å². The predicted octanol–water partition coefficient (Wildman–Crippen LogP) is 2.14. The Morgan fingerprint density at radius 1 is 1.40 bits per heavy atom. The van der Waals surface area contributed by atoms with E-state index in [0.29, 0.717) is 6.04 Å². The minimum absolute atomic E-state index is 0.580. The molecule has 0 spiro atoms. The quantitative estimate of drug-likeness (QED) is 0.778. The lowest BCUT2D eigenvalue weighted by Crippen LogP contribution is -2.31. The van der Waals surface area contributed by atoms with Crippen LogP contribution in [0.4, 0.5) is 0 Å². The maximum Gasteiger partial charge on any atom is 0.0596 e. The number of hydrogen-bond donors (Lipinski definition) is 1. The van der Waals surface area contributed by atoms with Crippen LogP contribution < -0.4 is 5.32 Å². The lowest BCUT2D eigenvalue weighted by Gasteiger charge is -2.16. The van der Waals surface area contributed by atoms with E-state index in [9.17, 15) is 0 Å². The van der Waals surface area contributed by atoms with Crippen molar-refractivity contribution in [3.63, 3.8) is 0 Å². The summed E-state index contributed by atoms with van der Waals surface area (Å²) < 4.78 is 2.11. The first kappa shape index (κ1) is 12.2. The van der Waals surface area contributed by atoms with Crippen LogP contribution in [-0.2, 0) is 13.0 Å². The Hall–Kier alpha value is -0.830. The fraction of sp³-hybridized carbons (Fsp3) is 0.750. The third-order valence-corrected chi connectivity index (χ3v) is 2.73. The highest BCUT2D eigenvalue weighted by molar-refractivity contribution is 5.10. The standard InChI is InChI=1S/C12H23N3/c1-5-11(13-6-2)9-12-8-10(4)14-15(12)7-3/h8,11,13H,5-7,9H2,1-4H3. The monoisotopic (exact) mass is 209 g/mol. The summed E-state index contributed by atoms with van der Waals surface area (Å²) in [6.07, 6.45) is 2.25. The molecule has 0 aliphatic carbocycles. The molecular weight excluding hydrogens is 186 g/mol. The molecule has 1 heterocycles. The fourth-order valence-electron chi connectivity index (χ4n) is 1.94. The van der Waals surface area contributed by atoms with E-state index in [1.165, 1.54) is 12.1 Å². The van der Waals surface area contributed by atoms with Gasteiger partial charge in [-0.2, -0.15) is 5.10 Å². The SMILES string of the molecule is CCNC(CC)Cc1cc(C)nn1CC. The number of hydrogen-bond acceptors (Lipinski definition) is 2. The summed E-state index contributed by atoms with van der Waals surface area (Å²) in [6.45, 7) is 10.6. The molecule has 1 atom stereocenters. The van der Waals surface area contributed by atoms with Crippen molar-refractivity contribution in [2.45, 2.75) is 53.1 Å². The average Bonchev–Trinajstić information content (AvgIpc) is 2.58. The number of nitrogens with zero attached hydrogens (tertiary/aromatic N) is 2. The predicted molar refractivity (Wildman–Crippen MR) is 64.1 cm³/mol. The molecule has 0 saturated heterocycles. The van der Waals surface area contributed by atoms with E-state index in [2.05, 4.69) is 48.9 Å². The maximum atomic E-state index is 4.47. The lowest BCUT2D eigenvalue weighted by atomic mass is 10.1. The second kappa shape index (κ2) is 5.91. The van der Waals surface area contributed by atoms with E-state index in [0.717, 1.165) is 25.2 Å². The Bertz CT molecular complexity index is 291. The van der Waals surface area contributed by atoms with E-state index in [-0.39, 0.29) is 0 Å². The van der Waals surface area contributed by atoms with Gasteiger partial charge in [0.1, 0.15) is 0 Å². The minimum atomic E-state index is 0.580. The Morgan fingerprint density at radius 2 is 2.13 bits per heavy atom. The van der Waals surface area contributed by atoms with Crippen LogP contribution in [0, 0.1) is 6.92 Å². The molecule has 0 aliphatic heterocycles. The first-order chi connectivity index (χ1) is 7.21. The topological polar surface area (TPSA) is 29.9 Å². The zero-order chi connectivity index (χ0) is 11.3. The molecule has 1 unspecified atom stereocenters. The molecule has 0 amide bonds. The molecule has 3 nitrogen and oxygen atoms in total. The number of aromatic nitrogens is 2. The van der Waals surface area contributed by atoms with Gasteiger partial charge >= 0.3 is 0 Å². The number of likely N-dealkylation sites (N-methyl/N-ethyl adjacent to an activating group) is 1. The van der Waals surface area contributed by atoms with E-state index in [1.807, 2.05) is 0 Å². The van der Waals surface area contributed by atoms with Crippen LogP contribution in [-0.4, -0.2) is 22.4 Å². The summed E-state index contributed by atoms with van der Waals surface area (Å²) in [6, 6.07) is 2.78. The highest BCUT2D eigenvalue weighted by Gasteiger charge is 2.10. The average molecular weight is 209 g/mol. The summed E-state index contributed by atoms with van der Waals surface area (Å²) in [7, 11) is 0. The minimum Gasteiger partial charge on any atom is -0.314 e. The molecule has 15 heavy (non-hydrogen) atoms. The van der Waals surface area contributed by atoms with Crippen LogP contribution in [0.3, 0.4) is 0 Å². The molecule has 0 aromatic carbocycles. The van der Waals surface area contributed by atoms with Gasteiger partial charge in [-0.15, -0.1) is 0 Å². The van der Waals surface area contributed by atoms with Gasteiger partial charge in [0.05, 0.1) is 5.69 Å². The van der Waals surface area contributed by atoms with Crippen molar-refractivity contribution in [1.82, 2.24) is 15.1 Å². The van der Waals surface area contributed by atoms with Crippen molar-refractivity contribution in [2.24, 2.45) is 0 Å². The van der Waals surface area contributed by atoms with Crippen LogP contribution in [0.15, 0.2) is 6.07 Å². The Labute approximate surface area is 92.9 Å². The largest absolute Gasteiger partial charge is 0.314 e. The van der Waals surface area contributed by atoms with Crippen LogP contribution in [0.5, 0.6) is 0 Å². The van der Waals surface area contributed by atoms with Gasteiger partial charge in [0.15, 0.2) is 0 Å². The second-order valence-electron chi connectivity index (χ2n) is 3.96. The lowest BCUT2D eigenvalue weighted by molar-refractivity contribution is 0.487. The van der Waals surface area contributed by atoms with Gasteiger partial charge in [0.2, 0.25) is 0 Å². The van der Waals surface area contributed by atoms with Crippen LogP contribution in [0.1, 0.15) is 38.6 Å². The maximum absolute atomic E-state index is 4.47. The van der Waals surface area contributed by atoms with Crippen molar-refractivity contribution < 1.29 is 0 Å². The zero-order valence-corrected chi connectivity index (χ0v) is 10.4. The molecule has 1 aromatic rings. The van der Waals surface area contributed by atoms with E-state index in [4.69, 9.17) is 0 Å². The van der Waals surface area contributed by atoms with Crippen molar-refractivity contribution in [3.05, 3.63) is 17.5 Å². The zero-order valence-electron chi connectivity index (χ0n) is 10.4. The Balaban J connectivity index is 2.68. The normalized spacial score (nSPS) is 13.1. The molecule has 0 saturated carbocycles. The number of rotatable bonds is 6. The van der Waals surface area contributed by atoms with Gasteiger partial charge in [-0.1, -0.05) is 13.8 Å². The van der Waals surface area contributed by atoms with Crippen LogP contribution in [0.2, 0.25) is 0 Å². The van der Waals surface area contributed by atoms with Gasteiger partial charge in [0, 0.05) is 24.7 Å². The summed E-state index contributed by atoms with van der Waals surface area (Å²) in [5, 5.41) is 7.97. The van der Waals surface area contributed by atoms with E-state index < -0.39 is 0 Å². The first-order valence-corrected chi connectivity index (χ1v) is 5.97. The van der Waals surface area contributed by atoms with Gasteiger partial charge in [-0.05, 0) is 32.9 Å². The Morgan fingerprint density at radius 3 is 2.67 bits per heavy atom.